The summed E-state index contributed by atoms with van der Waals surface area (Å²) in [4.78, 5) is 25.0. The lowest BCUT2D eigenvalue weighted by atomic mass is 9.74. The fourth-order valence-corrected chi connectivity index (χ4v) is 4.97. The van der Waals surface area contributed by atoms with E-state index in [1.165, 1.54) is 12.3 Å². The van der Waals surface area contributed by atoms with E-state index in [1.54, 1.807) is 37.3 Å². The van der Waals surface area contributed by atoms with Crippen LogP contribution in [0.2, 0.25) is 0 Å². The molecule has 33 heavy (non-hydrogen) atoms. The van der Waals surface area contributed by atoms with Crippen molar-refractivity contribution in [2.24, 2.45) is 11.3 Å². The van der Waals surface area contributed by atoms with Crippen molar-refractivity contribution in [1.82, 2.24) is 14.9 Å². The Labute approximate surface area is 189 Å². The van der Waals surface area contributed by atoms with Crippen molar-refractivity contribution >= 4 is 11.6 Å². The minimum absolute atomic E-state index is 0.149. The second-order valence-electron chi connectivity index (χ2n) is 8.77. The molecule has 7 nitrogen and oxygen atoms in total. The number of piperidine rings is 1. The summed E-state index contributed by atoms with van der Waals surface area (Å²) < 4.78 is 45.9. The predicted molar refractivity (Wildman–Crippen MR) is 113 cm³/mol. The van der Waals surface area contributed by atoms with Gasteiger partial charge in [-0.3, -0.25) is 9.78 Å². The topological polar surface area (TPSA) is 82.3 Å². The third-order valence-corrected chi connectivity index (χ3v) is 6.58. The molecule has 1 aromatic carbocycles. The number of amides is 1. The van der Waals surface area contributed by atoms with Gasteiger partial charge < -0.3 is 14.5 Å². The molecule has 0 radical (unpaired) electrons. The van der Waals surface area contributed by atoms with Gasteiger partial charge in [0.15, 0.2) is 0 Å². The maximum Gasteiger partial charge on any atom is 0.417 e. The number of anilines is 1. The molecule has 0 aliphatic carbocycles. The normalized spacial score (nSPS) is 22.7. The Morgan fingerprint density at radius 1 is 1.30 bits per heavy atom. The predicted octanol–water partition coefficient (Wildman–Crippen LogP) is 3.29. The zero-order valence-electron chi connectivity index (χ0n) is 18.4. The summed E-state index contributed by atoms with van der Waals surface area (Å²) >= 11 is 0. The molecule has 10 heteroatoms. The largest absolute Gasteiger partial charge is 0.417 e. The number of carbonyl (C=O) groups excluding carboxylic acids is 1. The number of methoxy groups -OCH3 is 1. The number of aryl methyl sites for hydroxylation is 1. The number of halogens is 3. The highest BCUT2D eigenvalue weighted by Crippen LogP contribution is 2.45. The number of rotatable bonds is 4. The molecule has 2 unspecified atom stereocenters. The first kappa shape index (κ1) is 23.0. The van der Waals surface area contributed by atoms with Gasteiger partial charge in [-0.1, -0.05) is 0 Å². The van der Waals surface area contributed by atoms with Gasteiger partial charge >= 0.3 is 6.18 Å². The number of alkyl halides is 3. The molecule has 0 saturated carbocycles. The monoisotopic (exact) mass is 459 g/mol. The number of aromatic nitrogens is 2. The van der Waals surface area contributed by atoms with Crippen LogP contribution in [-0.2, 0) is 10.9 Å². The van der Waals surface area contributed by atoms with Crippen molar-refractivity contribution in [2.75, 3.05) is 44.8 Å². The lowest BCUT2D eigenvalue weighted by Gasteiger charge is -2.43. The molecular weight excluding hydrogens is 435 g/mol. The number of nitriles is 1. The van der Waals surface area contributed by atoms with Gasteiger partial charge in [-0.05, 0) is 37.5 Å². The first-order valence-corrected chi connectivity index (χ1v) is 10.6. The quantitative estimate of drug-likeness (QED) is 0.698. The summed E-state index contributed by atoms with van der Waals surface area (Å²) in [6, 6.07) is 5.43. The van der Waals surface area contributed by atoms with Crippen molar-refractivity contribution < 1.29 is 22.7 Å². The van der Waals surface area contributed by atoms with Crippen LogP contribution in [0.15, 0.2) is 30.6 Å². The molecule has 0 N–H and O–H groups in total. The standard InChI is InChI=1S/C23H24F3N5O2/c1-15-9-29-20(10-28-15)21(32)30-6-5-17-11-31(13-22(17,12-30)14-33-2)18-4-3-16(8-27)19(7-18)23(24,25)26/h3-4,7,9-10,17H,5-6,11-14H2,1-2H3. The van der Waals surface area contributed by atoms with Crippen LogP contribution in [0.3, 0.4) is 0 Å². The third kappa shape index (κ3) is 4.37. The first-order valence-electron chi connectivity index (χ1n) is 10.6. The van der Waals surface area contributed by atoms with Crippen molar-refractivity contribution in [3.05, 3.63) is 53.1 Å². The third-order valence-electron chi connectivity index (χ3n) is 6.58. The molecule has 2 aromatic rings. The molecule has 1 amide bonds. The van der Waals surface area contributed by atoms with Crippen LogP contribution >= 0.6 is 0 Å². The number of hydrogen-bond acceptors (Lipinski definition) is 6. The van der Waals surface area contributed by atoms with Gasteiger partial charge in [0.25, 0.3) is 5.91 Å². The average molecular weight is 459 g/mol. The van der Waals surface area contributed by atoms with E-state index in [2.05, 4.69) is 9.97 Å². The highest BCUT2D eigenvalue weighted by molar-refractivity contribution is 5.92. The van der Waals surface area contributed by atoms with Crippen LogP contribution in [0.4, 0.5) is 18.9 Å². The van der Waals surface area contributed by atoms with Crippen LogP contribution in [0.1, 0.15) is 33.7 Å². The average Bonchev–Trinajstić information content (AvgIpc) is 3.17. The Morgan fingerprint density at radius 2 is 2.09 bits per heavy atom. The minimum Gasteiger partial charge on any atom is -0.384 e. The van der Waals surface area contributed by atoms with Crippen LogP contribution in [0.25, 0.3) is 0 Å². The van der Waals surface area contributed by atoms with E-state index in [4.69, 9.17) is 10.00 Å². The lowest BCUT2D eigenvalue weighted by molar-refractivity contribution is -0.137. The van der Waals surface area contributed by atoms with Crippen LogP contribution < -0.4 is 4.90 Å². The fraction of sp³-hybridized carbons (Fsp3) is 0.478. The fourth-order valence-electron chi connectivity index (χ4n) is 4.97. The molecule has 3 heterocycles. The van der Waals surface area contributed by atoms with Crippen molar-refractivity contribution in [3.63, 3.8) is 0 Å². The molecule has 174 valence electrons. The van der Waals surface area contributed by atoms with Crippen LogP contribution in [0.5, 0.6) is 0 Å². The molecule has 0 spiro atoms. The Kier molecular flexibility index (Phi) is 6.01. The molecule has 2 atom stereocenters. The summed E-state index contributed by atoms with van der Waals surface area (Å²) in [5.41, 5.74) is -0.365. The zero-order chi connectivity index (χ0) is 23.8. The van der Waals surface area contributed by atoms with E-state index >= 15 is 0 Å². The van der Waals surface area contributed by atoms with Gasteiger partial charge in [-0.2, -0.15) is 18.4 Å². The summed E-state index contributed by atoms with van der Waals surface area (Å²) in [5.74, 6) is -0.0665. The summed E-state index contributed by atoms with van der Waals surface area (Å²) in [7, 11) is 1.59. The molecule has 2 aliphatic rings. The van der Waals surface area contributed by atoms with Crippen LogP contribution in [-0.4, -0.2) is 60.7 Å². The maximum absolute atomic E-state index is 13.5. The number of likely N-dealkylation sites (tertiary alicyclic amines) is 1. The summed E-state index contributed by atoms with van der Waals surface area (Å²) in [5, 5.41) is 9.08. The minimum atomic E-state index is -4.62. The second-order valence-corrected chi connectivity index (χ2v) is 8.77. The molecule has 2 fully saturated rings. The van der Waals surface area contributed by atoms with Crippen molar-refractivity contribution in [2.45, 2.75) is 19.5 Å². The molecule has 2 saturated heterocycles. The summed E-state index contributed by atoms with van der Waals surface area (Å²) in [6.07, 6.45) is -0.905. The number of carbonyl (C=O) groups is 1. The maximum atomic E-state index is 13.5. The van der Waals surface area contributed by atoms with Gasteiger partial charge in [0.05, 0.1) is 35.7 Å². The van der Waals surface area contributed by atoms with E-state index in [0.29, 0.717) is 50.6 Å². The van der Waals surface area contributed by atoms with Gasteiger partial charge in [-0.15, -0.1) is 0 Å². The Hall–Kier alpha value is -3.19. The van der Waals surface area contributed by atoms with Crippen molar-refractivity contribution in [3.8, 4) is 6.07 Å². The number of nitrogens with zero attached hydrogens (tertiary/aromatic N) is 5. The Balaban J connectivity index is 1.60. The van der Waals surface area contributed by atoms with Gasteiger partial charge in [0.2, 0.25) is 0 Å². The smallest absolute Gasteiger partial charge is 0.384 e. The van der Waals surface area contributed by atoms with E-state index in [9.17, 15) is 18.0 Å². The number of hydrogen-bond donors (Lipinski definition) is 0. The van der Waals surface area contributed by atoms with E-state index in [-0.39, 0.29) is 17.5 Å². The summed E-state index contributed by atoms with van der Waals surface area (Å²) in [6.45, 7) is 4.11. The number of benzene rings is 1. The molecule has 0 bridgehead atoms. The Bertz CT molecular complexity index is 1080. The highest BCUT2D eigenvalue weighted by Gasteiger charge is 2.51. The Morgan fingerprint density at radius 3 is 2.73 bits per heavy atom. The molecule has 4 rings (SSSR count). The molecular formula is C23H24F3N5O2. The second kappa shape index (κ2) is 8.63. The zero-order valence-corrected chi connectivity index (χ0v) is 18.4. The van der Waals surface area contributed by atoms with Gasteiger partial charge in [0.1, 0.15) is 5.69 Å². The number of fused-ring (bicyclic) bond motifs is 1. The lowest BCUT2D eigenvalue weighted by Crippen LogP contribution is -2.53. The molecule has 1 aromatic heterocycles. The van der Waals surface area contributed by atoms with Gasteiger partial charge in [0, 0.05) is 50.6 Å². The SMILES string of the molecule is COCC12CN(C(=O)c3cnc(C)cn3)CCC1CN(c1ccc(C#N)c(C(F)(F)F)c1)C2. The van der Waals surface area contributed by atoms with Crippen molar-refractivity contribution in [1.29, 1.82) is 5.26 Å². The van der Waals surface area contributed by atoms with E-state index in [1.807, 2.05) is 4.90 Å². The van der Waals surface area contributed by atoms with Gasteiger partial charge in [-0.25, -0.2) is 4.98 Å². The number of ether oxygens (including phenoxy) is 1. The van der Waals surface area contributed by atoms with E-state index < -0.39 is 22.7 Å². The first-order chi connectivity index (χ1) is 15.7. The van der Waals surface area contributed by atoms with E-state index in [0.717, 1.165) is 6.07 Å². The molecule has 2 aliphatic heterocycles. The van der Waals surface area contributed by atoms with Crippen LogP contribution in [0, 0.1) is 29.6 Å². The highest BCUT2D eigenvalue weighted by atomic mass is 19.4.